The van der Waals surface area contributed by atoms with Gasteiger partial charge in [0.1, 0.15) is 0 Å². The molecule has 0 aliphatic rings. The largest absolute Gasteiger partial charge is 1.00 e. The molecule has 0 N–H and O–H groups in total. The number of thiol groups is 1. The molecule has 0 saturated carbocycles. The minimum atomic E-state index is -6.62. The van der Waals surface area contributed by atoms with E-state index in [2.05, 4.69) is 0 Å². The molecule has 0 bridgehead atoms. The molecule has 0 spiro atoms. The molecule has 2 nitrogen and oxygen atoms in total. The molecule has 0 unspecified atom stereocenters. The Labute approximate surface area is 79.4 Å². The maximum atomic E-state index is 11.2. The molecular weight excluding hydrogens is 271 g/mol. The van der Waals surface area contributed by atoms with Gasteiger partial charge in [-0.3, -0.25) is 0 Å². The van der Waals surface area contributed by atoms with E-state index in [-0.39, 0.29) is 1.43 Å². The molecule has 0 aromatic rings. The van der Waals surface area contributed by atoms with E-state index < -0.39 is 29.4 Å². The maximum Gasteiger partial charge on any atom is 1.00 e. The van der Waals surface area contributed by atoms with Crippen molar-refractivity contribution in [1.82, 2.24) is 0 Å². The molecule has 0 aliphatic carbocycles. The highest BCUT2D eigenvalue weighted by Crippen LogP contribution is 2.46. The van der Waals surface area contributed by atoms with E-state index in [1.165, 1.54) is 0 Å². The van der Waals surface area contributed by atoms with Gasteiger partial charge in [0.25, 0.3) is 11.1 Å². The van der Waals surface area contributed by atoms with E-state index >= 15 is 0 Å². The van der Waals surface area contributed by atoms with Crippen molar-refractivity contribution in [2.75, 3.05) is 0 Å². The molecule has 15 heavy (non-hydrogen) atoms. The van der Waals surface area contributed by atoms with Gasteiger partial charge in [-0.1, -0.05) is 0 Å². The van der Waals surface area contributed by atoms with Crippen LogP contribution in [0.1, 0.15) is 1.43 Å². The van der Waals surface area contributed by atoms with Crippen LogP contribution in [0.15, 0.2) is 0 Å². The standard InChI is InChI=1S/C3F8.FHO2S/c4-1(5,2(6,7)8)3(9,10)11;1-4(2)3/h;4H/p+1. The monoisotopic (exact) mass is 273 g/mol. The van der Waals surface area contributed by atoms with Crippen molar-refractivity contribution in [2.24, 2.45) is 0 Å². The van der Waals surface area contributed by atoms with Crippen LogP contribution in [0.2, 0.25) is 0 Å². The van der Waals surface area contributed by atoms with Crippen LogP contribution in [0.4, 0.5) is 39.0 Å². The molecule has 0 fully saturated rings. The molecular formula is C3H2F9O2S+. The second-order valence-electron chi connectivity index (χ2n) is 1.78. The predicted octanol–water partition coefficient (Wildman–Crippen LogP) is 2.34. The Hall–Kier alpha value is -0.680. The first-order chi connectivity index (χ1) is 6.23. The zero-order valence-corrected chi connectivity index (χ0v) is 7.06. The van der Waals surface area contributed by atoms with Crippen LogP contribution < -0.4 is 0 Å². The lowest BCUT2D eigenvalue weighted by Crippen LogP contribution is -2.49. The highest BCUT2D eigenvalue weighted by molar-refractivity contribution is 7.66. The van der Waals surface area contributed by atoms with Crippen LogP contribution >= 0.6 is 0 Å². The summed E-state index contributed by atoms with van der Waals surface area (Å²) < 4.78 is 114. The average Bonchev–Trinajstić information content (AvgIpc) is 1.79. The van der Waals surface area contributed by atoms with Gasteiger partial charge in [-0.05, 0) is 0 Å². The van der Waals surface area contributed by atoms with E-state index in [0.29, 0.717) is 0 Å². The van der Waals surface area contributed by atoms with Crippen molar-refractivity contribution in [1.29, 1.82) is 0 Å². The second kappa shape index (κ2) is 4.90. The summed E-state index contributed by atoms with van der Waals surface area (Å²) in [5, 5.41) is 0. The second-order valence-corrected chi connectivity index (χ2v) is 2.21. The summed E-state index contributed by atoms with van der Waals surface area (Å²) in [6.45, 7) is 0. The van der Waals surface area contributed by atoms with E-state index in [1.807, 2.05) is 0 Å². The normalized spacial score (nSPS) is 13.5. The van der Waals surface area contributed by atoms with Crippen LogP contribution in [0.5, 0.6) is 0 Å². The van der Waals surface area contributed by atoms with Gasteiger partial charge in [0.15, 0.2) is 0 Å². The van der Waals surface area contributed by atoms with Crippen molar-refractivity contribution in [2.45, 2.75) is 18.3 Å². The van der Waals surface area contributed by atoms with Gasteiger partial charge in [0.05, 0.1) is 0 Å². The Morgan fingerprint density at radius 1 is 0.733 bits per heavy atom. The summed E-state index contributed by atoms with van der Waals surface area (Å²) in [7, 11) is 0. The average molecular weight is 273 g/mol. The molecule has 0 saturated heterocycles. The Morgan fingerprint density at radius 3 is 0.867 bits per heavy atom. The minimum Gasteiger partial charge on any atom is -0.198 e. The smallest absolute Gasteiger partial charge is 0.198 e. The molecule has 0 rings (SSSR count). The SMILES string of the molecule is FC(F)(F)C(F)(F)C(F)(F)F.O=[SH](=O)F.[H+]. The molecule has 0 aliphatic heterocycles. The van der Waals surface area contributed by atoms with E-state index in [1.54, 1.807) is 0 Å². The first kappa shape index (κ1) is 16.7. The topological polar surface area (TPSA) is 34.1 Å². The fourth-order valence-corrected chi connectivity index (χ4v) is 0.161. The fourth-order valence-electron chi connectivity index (χ4n) is 0.161. The van der Waals surface area contributed by atoms with Crippen molar-refractivity contribution in [3.63, 3.8) is 0 Å². The molecule has 12 heteroatoms. The minimum absolute atomic E-state index is 0. The molecule has 0 heterocycles. The quantitative estimate of drug-likeness (QED) is 0.417. The molecule has 0 amide bonds. The third kappa shape index (κ3) is 5.69. The Morgan fingerprint density at radius 2 is 0.867 bits per heavy atom. The molecule has 0 atom stereocenters. The van der Waals surface area contributed by atoms with Crippen molar-refractivity contribution in [3.05, 3.63) is 0 Å². The van der Waals surface area contributed by atoms with Gasteiger partial charge >= 0.3 is 19.7 Å². The fraction of sp³-hybridized carbons (Fsp3) is 1.00. The lowest BCUT2D eigenvalue weighted by atomic mass is 10.3. The van der Waals surface area contributed by atoms with Crippen LogP contribution in [0, 0.1) is 0 Å². The first-order valence-electron chi connectivity index (χ1n) is 2.55. The van der Waals surface area contributed by atoms with Gasteiger partial charge < -0.3 is 0 Å². The molecule has 0 aromatic heterocycles. The van der Waals surface area contributed by atoms with Crippen LogP contribution in [0.3, 0.4) is 0 Å². The van der Waals surface area contributed by atoms with Gasteiger partial charge in [-0.25, -0.2) is 0 Å². The summed E-state index contributed by atoms with van der Waals surface area (Å²) >= 11 is -3.62. The summed E-state index contributed by atoms with van der Waals surface area (Å²) in [5.41, 5.74) is 0. The van der Waals surface area contributed by atoms with Crippen LogP contribution in [-0.4, -0.2) is 26.7 Å². The van der Waals surface area contributed by atoms with E-state index in [9.17, 15) is 39.0 Å². The predicted molar refractivity (Wildman–Crippen MR) is 29.6 cm³/mol. The van der Waals surface area contributed by atoms with Gasteiger partial charge in [-0.2, -0.15) is 43.5 Å². The van der Waals surface area contributed by atoms with E-state index in [0.717, 1.165) is 0 Å². The summed E-state index contributed by atoms with van der Waals surface area (Å²) in [6.07, 6.45) is -13.2. The number of rotatable bonds is 0. The lowest BCUT2D eigenvalue weighted by molar-refractivity contribution is -0.389. The Bertz CT molecular complexity index is 241. The maximum absolute atomic E-state index is 11.2. The highest BCUT2D eigenvalue weighted by Gasteiger charge is 2.74. The van der Waals surface area contributed by atoms with Gasteiger partial charge in [0.2, 0.25) is 0 Å². The number of alkyl halides is 8. The van der Waals surface area contributed by atoms with Crippen LogP contribution in [-0.2, 0) is 11.1 Å². The summed E-state index contributed by atoms with van der Waals surface area (Å²) in [6, 6.07) is 0. The highest BCUT2D eigenvalue weighted by atomic mass is 32.2. The zero-order valence-electron chi connectivity index (χ0n) is 7.17. The number of hydrogen-bond donors (Lipinski definition) is 1. The van der Waals surface area contributed by atoms with Crippen molar-refractivity contribution < 1.29 is 48.9 Å². The first-order valence-corrected chi connectivity index (χ1v) is 3.61. The van der Waals surface area contributed by atoms with Gasteiger partial charge in [0, 0.05) is 0 Å². The van der Waals surface area contributed by atoms with Gasteiger partial charge in [-0.15, -0.1) is 3.89 Å². The van der Waals surface area contributed by atoms with E-state index in [4.69, 9.17) is 8.42 Å². The molecule has 0 aromatic carbocycles. The Kier molecular flexibility index (Phi) is 5.46. The number of hydrogen-bond acceptors (Lipinski definition) is 2. The van der Waals surface area contributed by atoms with Crippen LogP contribution in [0.25, 0.3) is 0 Å². The Balaban J connectivity index is -0.000000292. The van der Waals surface area contributed by atoms with Crippen molar-refractivity contribution in [3.8, 4) is 0 Å². The number of halogens is 9. The molecule has 0 radical (unpaired) electrons. The lowest BCUT2D eigenvalue weighted by Gasteiger charge is -2.21. The third-order valence-electron chi connectivity index (χ3n) is 0.712. The summed E-state index contributed by atoms with van der Waals surface area (Å²) in [5.74, 6) is -6.62. The summed E-state index contributed by atoms with van der Waals surface area (Å²) in [4.78, 5) is 0. The zero-order chi connectivity index (χ0) is 13.1. The third-order valence-corrected chi connectivity index (χ3v) is 0.712. The molecule has 94 valence electrons. The van der Waals surface area contributed by atoms with Crippen molar-refractivity contribution >= 4 is 11.1 Å².